The summed E-state index contributed by atoms with van der Waals surface area (Å²) < 4.78 is 7.30. The lowest BCUT2D eigenvalue weighted by Gasteiger charge is -2.12. The van der Waals surface area contributed by atoms with Crippen LogP contribution in [0, 0.1) is 0 Å². The molecule has 4 aromatic heterocycles. The normalized spacial score (nSPS) is 12.1. The second kappa shape index (κ2) is 11.8. The van der Waals surface area contributed by atoms with Gasteiger partial charge in [0.15, 0.2) is 0 Å². The van der Waals surface area contributed by atoms with Gasteiger partial charge in [-0.15, -0.1) is 0 Å². The van der Waals surface area contributed by atoms with E-state index in [2.05, 4.69) is 219 Å². The third-order valence-electron chi connectivity index (χ3n) is 12.3. The molecule has 13 aromatic rings. The van der Waals surface area contributed by atoms with Crippen LogP contribution in [0.5, 0.6) is 0 Å². The van der Waals surface area contributed by atoms with Crippen LogP contribution in [0.3, 0.4) is 0 Å². The van der Waals surface area contributed by atoms with Crippen molar-refractivity contribution in [3.05, 3.63) is 200 Å². The smallest absolute Gasteiger partial charge is 0.0788 e. The minimum absolute atomic E-state index is 1.14. The number of H-pyrrole nitrogens is 1. The van der Waals surface area contributed by atoms with Crippen LogP contribution in [0.2, 0.25) is 0 Å². The molecule has 0 spiro atoms. The van der Waals surface area contributed by atoms with Crippen LogP contribution in [0.25, 0.3) is 115 Å². The van der Waals surface area contributed by atoms with Crippen molar-refractivity contribution in [1.82, 2.24) is 18.7 Å². The van der Waals surface area contributed by atoms with Gasteiger partial charge in [-0.25, -0.2) is 0 Å². The lowest BCUT2D eigenvalue weighted by molar-refractivity contribution is 1.15. The van der Waals surface area contributed by atoms with Crippen LogP contribution in [0.15, 0.2) is 200 Å². The molecule has 13 rings (SSSR count). The predicted molar refractivity (Wildman–Crippen MR) is 244 cm³/mol. The van der Waals surface area contributed by atoms with Crippen molar-refractivity contribution >= 4 is 87.2 Å². The Morgan fingerprint density at radius 3 is 1.41 bits per heavy atom. The number of hydrogen-bond acceptors (Lipinski definition) is 0. The van der Waals surface area contributed by atoms with Gasteiger partial charge in [-0.1, -0.05) is 121 Å². The molecule has 0 fully saturated rings. The lowest BCUT2D eigenvalue weighted by Crippen LogP contribution is -1.98. The highest BCUT2D eigenvalue weighted by Crippen LogP contribution is 2.44. The van der Waals surface area contributed by atoms with Gasteiger partial charge in [0.2, 0.25) is 0 Å². The van der Waals surface area contributed by atoms with Crippen molar-refractivity contribution < 1.29 is 0 Å². The highest BCUT2D eigenvalue weighted by atomic mass is 15.0. The second-order valence-corrected chi connectivity index (χ2v) is 15.4. The molecule has 0 saturated carbocycles. The van der Waals surface area contributed by atoms with E-state index in [0.29, 0.717) is 0 Å². The van der Waals surface area contributed by atoms with Gasteiger partial charge in [-0.3, -0.25) is 0 Å². The minimum Gasteiger partial charge on any atom is -0.354 e. The van der Waals surface area contributed by atoms with Crippen molar-refractivity contribution in [2.24, 2.45) is 0 Å². The number of aromatic nitrogens is 4. The van der Waals surface area contributed by atoms with Crippen LogP contribution in [-0.2, 0) is 0 Å². The van der Waals surface area contributed by atoms with Crippen LogP contribution >= 0.6 is 0 Å². The molecule has 0 amide bonds. The molecule has 4 heterocycles. The van der Waals surface area contributed by atoms with Crippen molar-refractivity contribution in [3.8, 4) is 28.2 Å². The van der Waals surface area contributed by atoms with E-state index in [4.69, 9.17) is 0 Å². The molecule has 0 bridgehead atoms. The van der Waals surface area contributed by atoms with Crippen molar-refractivity contribution in [2.45, 2.75) is 0 Å². The van der Waals surface area contributed by atoms with Gasteiger partial charge in [-0.2, -0.15) is 0 Å². The van der Waals surface area contributed by atoms with E-state index >= 15 is 0 Å². The summed E-state index contributed by atoms with van der Waals surface area (Å²) in [6.07, 6.45) is 0. The molecule has 0 aliphatic rings. The van der Waals surface area contributed by atoms with E-state index < -0.39 is 0 Å². The average Bonchev–Trinajstić information content (AvgIpc) is 4.03. The van der Waals surface area contributed by atoms with Crippen LogP contribution in [0.1, 0.15) is 0 Å². The summed E-state index contributed by atoms with van der Waals surface area (Å²) in [7, 11) is 0. The van der Waals surface area contributed by atoms with Gasteiger partial charge >= 0.3 is 0 Å². The summed E-state index contributed by atoms with van der Waals surface area (Å²) in [5.41, 5.74) is 15.4. The molecule has 270 valence electrons. The Hall–Kier alpha value is -7.82. The number of hydrogen-bond donors (Lipinski definition) is 1. The Balaban J connectivity index is 1.06. The molecular weight excluding hydrogens is 705 g/mol. The molecule has 4 heteroatoms. The maximum absolute atomic E-state index is 3.86. The molecule has 0 radical (unpaired) electrons. The molecule has 1 N–H and O–H groups in total. The quantitative estimate of drug-likeness (QED) is 0.186. The summed E-state index contributed by atoms with van der Waals surface area (Å²) in [6, 6.07) is 73.0. The molecule has 58 heavy (non-hydrogen) atoms. The first-order valence-corrected chi connectivity index (χ1v) is 19.9. The third kappa shape index (κ3) is 4.29. The highest BCUT2D eigenvalue weighted by molar-refractivity contribution is 6.26. The van der Waals surface area contributed by atoms with E-state index in [9.17, 15) is 0 Å². The first kappa shape index (κ1) is 31.4. The zero-order chi connectivity index (χ0) is 37.9. The number of fused-ring (bicyclic) bond motifs is 14. The van der Waals surface area contributed by atoms with Gasteiger partial charge in [0.1, 0.15) is 0 Å². The van der Waals surface area contributed by atoms with Crippen LogP contribution in [0.4, 0.5) is 0 Å². The molecule has 0 saturated heterocycles. The zero-order valence-corrected chi connectivity index (χ0v) is 31.4. The fourth-order valence-electron chi connectivity index (χ4n) is 9.88. The van der Waals surface area contributed by atoms with E-state index in [1.54, 1.807) is 0 Å². The second-order valence-electron chi connectivity index (χ2n) is 15.4. The van der Waals surface area contributed by atoms with Gasteiger partial charge in [0, 0.05) is 65.7 Å². The van der Waals surface area contributed by atoms with Crippen LogP contribution < -0.4 is 0 Å². The number of nitrogens with zero attached hydrogens (tertiary/aromatic N) is 3. The summed E-state index contributed by atoms with van der Waals surface area (Å²) in [6.45, 7) is 0. The Morgan fingerprint density at radius 2 is 0.759 bits per heavy atom. The lowest BCUT2D eigenvalue weighted by atomic mass is 10.00. The number of aromatic amines is 1. The van der Waals surface area contributed by atoms with E-state index in [-0.39, 0.29) is 0 Å². The Morgan fingerprint density at radius 1 is 0.293 bits per heavy atom. The molecular formula is C54H34N4. The topological polar surface area (TPSA) is 30.6 Å². The monoisotopic (exact) mass is 738 g/mol. The fraction of sp³-hybridized carbons (Fsp3) is 0. The Kier molecular flexibility index (Phi) is 6.41. The molecule has 9 aromatic carbocycles. The minimum atomic E-state index is 1.14. The first-order valence-electron chi connectivity index (χ1n) is 19.9. The maximum atomic E-state index is 3.86. The first-order chi connectivity index (χ1) is 28.8. The predicted octanol–water partition coefficient (Wildman–Crippen LogP) is 14.3. The van der Waals surface area contributed by atoms with E-state index in [1.807, 2.05) is 0 Å². The van der Waals surface area contributed by atoms with Crippen molar-refractivity contribution in [3.63, 3.8) is 0 Å². The third-order valence-corrected chi connectivity index (χ3v) is 12.3. The van der Waals surface area contributed by atoms with E-state index in [0.717, 1.165) is 22.6 Å². The summed E-state index contributed by atoms with van der Waals surface area (Å²) in [5, 5.41) is 9.94. The standard InChI is InChI=1S/C54H34N4/c1-4-14-36(15-5-1)56-48-23-13-11-21-43(48)51-50(56)31-28-40-44-32-34(24-29-46(44)55-52(40)51)35-25-30-49-45(33-35)42-27-26-41-39-20-10-12-22-47(39)57(37-16-6-2-7-17-37)53(41)54(42)58(49)38-18-8-3-9-19-38/h1-33,55H. The summed E-state index contributed by atoms with van der Waals surface area (Å²) in [5.74, 6) is 0. The van der Waals surface area contributed by atoms with Gasteiger partial charge in [-0.05, 0) is 90.0 Å². The Bertz CT molecular complexity index is 3770. The SMILES string of the molecule is c1ccc(-n2c3ccccc3c3c4[nH]c5ccc(-c6ccc7c(c6)c6ccc8c9ccccc9n(-c9ccccc9)c8c6n7-c6ccccc6)cc5c4ccc32)cc1. The molecule has 0 atom stereocenters. The fourth-order valence-corrected chi connectivity index (χ4v) is 9.88. The van der Waals surface area contributed by atoms with Gasteiger partial charge in [0.05, 0.1) is 38.6 Å². The number of rotatable bonds is 4. The largest absolute Gasteiger partial charge is 0.354 e. The van der Waals surface area contributed by atoms with Crippen molar-refractivity contribution in [1.29, 1.82) is 0 Å². The molecule has 0 aliphatic heterocycles. The Labute approximate surface area is 333 Å². The number of nitrogens with one attached hydrogen (secondary N) is 1. The van der Waals surface area contributed by atoms with E-state index in [1.165, 1.54) is 92.8 Å². The number of benzene rings is 9. The molecule has 0 aliphatic carbocycles. The molecule has 4 nitrogen and oxygen atoms in total. The summed E-state index contributed by atoms with van der Waals surface area (Å²) in [4.78, 5) is 3.86. The molecule has 0 unspecified atom stereocenters. The zero-order valence-electron chi connectivity index (χ0n) is 31.4. The number of para-hydroxylation sites is 5. The van der Waals surface area contributed by atoms with Gasteiger partial charge in [0.25, 0.3) is 0 Å². The van der Waals surface area contributed by atoms with Gasteiger partial charge < -0.3 is 18.7 Å². The van der Waals surface area contributed by atoms with Crippen molar-refractivity contribution in [2.75, 3.05) is 0 Å². The van der Waals surface area contributed by atoms with Crippen LogP contribution in [-0.4, -0.2) is 18.7 Å². The maximum Gasteiger partial charge on any atom is 0.0788 e. The average molecular weight is 739 g/mol. The highest BCUT2D eigenvalue weighted by Gasteiger charge is 2.22. The summed E-state index contributed by atoms with van der Waals surface area (Å²) >= 11 is 0.